The molecule has 0 aliphatic rings. The first-order valence-corrected chi connectivity index (χ1v) is 8.42. The number of hydrogen-bond acceptors (Lipinski definition) is 4. The third kappa shape index (κ3) is 3.72. The Kier molecular flexibility index (Phi) is 4.77. The molecule has 0 saturated carbocycles. The van der Waals surface area contributed by atoms with E-state index in [-0.39, 0.29) is 17.8 Å². The summed E-state index contributed by atoms with van der Waals surface area (Å²) in [6, 6.07) is 11.2. The normalized spacial score (nSPS) is 10.8. The molecule has 138 valence electrons. The molecular weight excluding hydrogens is 346 g/mol. The molecule has 7 nitrogen and oxygen atoms in total. The van der Waals surface area contributed by atoms with E-state index in [4.69, 9.17) is 0 Å². The van der Waals surface area contributed by atoms with Crippen molar-refractivity contribution in [2.24, 2.45) is 0 Å². The van der Waals surface area contributed by atoms with Gasteiger partial charge >= 0.3 is 0 Å². The van der Waals surface area contributed by atoms with Gasteiger partial charge in [-0.15, -0.1) is 0 Å². The number of fused-ring (bicyclic) bond motifs is 1. The average Bonchev–Trinajstić information content (AvgIpc) is 2.58. The van der Waals surface area contributed by atoms with E-state index in [0.717, 1.165) is 27.6 Å². The van der Waals surface area contributed by atoms with Crippen molar-refractivity contribution in [3.05, 3.63) is 79.6 Å². The number of aryl methyl sites for hydroxylation is 3. The van der Waals surface area contributed by atoms with Crippen molar-refractivity contribution in [1.29, 1.82) is 0 Å². The van der Waals surface area contributed by atoms with Gasteiger partial charge in [-0.3, -0.25) is 24.3 Å². The van der Waals surface area contributed by atoms with Crippen LogP contribution in [0.25, 0.3) is 10.9 Å². The van der Waals surface area contributed by atoms with E-state index in [1.54, 1.807) is 6.07 Å². The van der Waals surface area contributed by atoms with Gasteiger partial charge in [-0.1, -0.05) is 17.7 Å². The zero-order valence-electron chi connectivity index (χ0n) is 15.3. The highest BCUT2D eigenvalue weighted by molar-refractivity contribution is 5.93. The van der Waals surface area contributed by atoms with Crippen molar-refractivity contribution in [3.8, 4) is 0 Å². The summed E-state index contributed by atoms with van der Waals surface area (Å²) in [6.45, 7) is 5.58. The predicted molar refractivity (Wildman–Crippen MR) is 104 cm³/mol. The number of hydrogen-bond donors (Lipinski definition) is 1. The lowest BCUT2D eigenvalue weighted by molar-refractivity contribution is -0.384. The van der Waals surface area contributed by atoms with Gasteiger partial charge in [0.15, 0.2) is 0 Å². The molecule has 0 saturated heterocycles. The number of nitro benzene ring substituents is 1. The van der Waals surface area contributed by atoms with Gasteiger partial charge in [0.2, 0.25) is 5.91 Å². The van der Waals surface area contributed by atoms with Crippen LogP contribution in [0.15, 0.2) is 47.3 Å². The van der Waals surface area contributed by atoms with Crippen LogP contribution in [-0.2, 0) is 11.3 Å². The average molecular weight is 365 g/mol. The highest BCUT2D eigenvalue weighted by Crippen LogP contribution is 2.22. The first kappa shape index (κ1) is 18.3. The molecule has 0 radical (unpaired) electrons. The number of pyridine rings is 1. The van der Waals surface area contributed by atoms with Crippen molar-refractivity contribution in [2.45, 2.75) is 27.3 Å². The number of benzene rings is 2. The molecule has 0 spiro atoms. The Hall–Kier alpha value is -3.48. The van der Waals surface area contributed by atoms with Crippen LogP contribution < -0.4 is 10.9 Å². The van der Waals surface area contributed by atoms with Gasteiger partial charge < -0.3 is 5.32 Å². The molecule has 0 aliphatic carbocycles. The quantitative estimate of drug-likeness (QED) is 0.566. The highest BCUT2D eigenvalue weighted by atomic mass is 16.6. The molecule has 3 rings (SSSR count). The van der Waals surface area contributed by atoms with Crippen molar-refractivity contribution < 1.29 is 9.72 Å². The molecule has 0 bridgehead atoms. The maximum absolute atomic E-state index is 12.5. The maximum atomic E-state index is 12.5. The van der Waals surface area contributed by atoms with Crippen LogP contribution in [0.5, 0.6) is 0 Å². The molecular formula is C20H19N3O4. The number of amides is 1. The zero-order chi connectivity index (χ0) is 19.7. The molecule has 1 amide bonds. The van der Waals surface area contributed by atoms with Crippen LogP contribution in [0.2, 0.25) is 0 Å². The molecule has 2 aromatic carbocycles. The SMILES string of the molecule is Cc1cc(C)c2c(c1)c(C)cc(=O)n2CC(=O)Nc1cccc([N+](=O)[O-])c1. The number of nitrogens with zero attached hydrogens (tertiary/aromatic N) is 2. The van der Waals surface area contributed by atoms with E-state index in [2.05, 4.69) is 5.32 Å². The van der Waals surface area contributed by atoms with Gasteiger partial charge in [0.1, 0.15) is 6.54 Å². The minimum atomic E-state index is -0.528. The number of non-ortho nitro benzene ring substituents is 1. The highest BCUT2D eigenvalue weighted by Gasteiger charge is 2.14. The van der Waals surface area contributed by atoms with Gasteiger partial charge in [-0.25, -0.2) is 0 Å². The third-order valence-corrected chi connectivity index (χ3v) is 4.39. The standard InChI is InChI=1S/C20H19N3O4/c1-12-7-14(3)20-17(8-12)13(2)9-19(25)22(20)11-18(24)21-15-5-4-6-16(10-15)23(26)27/h4-10H,11H2,1-3H3,(H,21,24). The Labute approximate surface area is 155 Å². The van der Waals surface area contributed by atoms with Gasteiger partial charge in [-0.05, 0) is 44.0 Å². The van der Waals surface area contributed by atoms with E-state index in [1.165, 1.54) is 28.8 Å². The van der Waals surface area contributed by atoms with Crippen molar-refractivity contribution in [2.75, 3.05) is 5.32 Å². The Bertz CT molecular complexity index is 1130. The first-order chi connectivity index (χ1) is 12.8. The fourth-order valence-electron chi connectivity index (χ4n) is 3.27. The topological polar surface area (TPSA) is 94.2 Å². The Morgan fingerprint density at radius 1 is 1.11 bits per heavy atom. The van der Waals surface area contributed by atoms with Crippen molar-refractivity contribution in [3.63, 3.8) is 0 Å². The smallest absolute Gasteiger partial charge is 0.271 e. The minimum Gasteiger partial charge on any atom is -0.324 e. The molecule has 3 aromatic rings. The molecule has 0 aliphatic heterocycles. The fraction of sp³-hybridized carbons (Fsp3) is 0.200. The van der Waals surface area contributed by atoms with E-state index in [0.29, 0.717) is 5.69 Å². The monoisotopic (exact) mass is 365 g/mol. The number of carbonyl (C=O) groups is 1. The predicted octanol–water partition coefficient (Wildman–Crippen LogP) is 3.47. The number of aromatic nitrogens is 1. The summed E-state index contributed by atoms with van der Waals surface area (Å²) in [6.07, 6.45) is 0. The maximum Gasteiger partial charge on any atom is 0.271 e. The molecule has 27 heavy (non-hydrogen) atoms. The molecule has 1 N–H and O–H groups in total. The molecule has 0 unspecified atom stereocenters. The zero-order valence-corrected chi connectivity index (χ0v) is 15.3. The number of carbonyl (C=O) groups excluding carboxylic acids is 1. The summed E-state index contributed by atoms with van der Waals surface area (Å²) in [5.74, 6) is -0.428. The molecule has 1 heterocycles. The largest absolute Gasteiger partial charge is 0.324 e. The number of nitro groups is 1. The summed E-state index contributed by atoms with van der Waals surface area (Å²) in [5.41, 5.74) is 3.50. The Morgan fingerprint density at radius 2 is 1.85 bits per heavy atom. The number of nitrogens with one attached hydrogen (secondary N) is 1. The van der Waals surface area contributed by atoms with Crippen LogP contribution in [0.3, 0.4) is 0 Å². The summed E-state index contributed by atoms with van der Waals surface area (Å²) in [5, 5.41) is 14.4. The lowest BCUT2D eigenvalue weighted by atomic mass is 10.0. The molecule has 0 fully saturated rings. The second-order valence-corrected chi connectivity index (χ2v) is 6.59. The van der Waals surface area contributed by atoms with Crippen LogP contribution in [-0.4, -0.2) is 15.4 Å². The second-order valence-electron chi connectivity index (χ2n) is 6.59. The first-order valence-electron chi connectivity index (χ1n) is 8.42. The Morgan fingerprint density at radius 3 is 2.56 bits per heavy atom. The van der Waals surface area contributed by atoms with Crippen molar-refractivity contribution in [1.82, 2.24) is 4.57 Å². The summed E-state index contributed by atoms with van der Waals surface area (Å²) in [7, 11) is 0. The van der Waals surface area contributed by atoms with Gasteiger partial charge in [0.25, 0.3) is 11.2 Å². The summed E-state index contributed by atoms with van der Waals surface area (Å²) in [4.78, 5) is 35.3. The fourth-order valence-corrected chi connectivity index (χ4v) is 3.27. The van der Waals surface area contributed by atoms with Crippen molar-refractivity contribution >= 4 is 28.2 Å². The molecule has 1 aromatic heterocycles. The van der Waals surface area contributed by atoms with Gasteiger partial charge in [-0.2, -0.15) is 0 Å². The van der Waals surface area contributed by atoms with Crippen LogP contribution in [0.4, 0.5) is 11.4 Å². The Balaban J connectivity index is 1.97. The van der Waals surface area contributed by atoms with Gasteiger partial charge in [0, 0.05) is 29.3 Å². The minimum absolute atomic E-state index is 0.114. The lowest BCUT2D eigenvalue weighted by Crippen LogP contribution is -2.28. The van der Waals surface area contributed by atoms with Gasteiger partial charge in [0.05, 0.1) is 10.4 Å². The van der Waals surface area contributed by atoms with E-state index in [9.17, 15) is 19.7 Å². The summed E-state index contributed by atoms with van der Waals surface area (Å²) < 4.78 is 1.43. The number of anilines is 1. The molecule has 7 heteroatoms. The second kappa shape index (κ2) is 7.03. The van der Waals surface area contributed by atoms with E-state index >= 15 is 0 Å². The third-order valence-electron chi connectivity index (χ3n) is 4.39. The number of rotatable bonds is 4. The summed E-state index contributed by atoms with van der Waals surface area (Å²) >= 11 is 0. The molecule has 0 atom stereocenters. The van der Waals surface area contributed by atoms with E-state index < -0.39 is 10.8 Å². The lowest BCUT2D eigenvalue weighted by Gasteiger charge is -2.15. The van der Waals surface area contributed by atoms with Crippen LogP contribution in [0.1, 0.15) is 16.7 Å². The van der Waals surface area contributed by atoms with Crippen LogP contribution >= 0.6 is 0 Å². The van der Waals surface area contributed by atoms with Crippen LogP contribution in [0, 0.1) is 30.9 Å². The van der Waals surface area contributed by atoms with E-state index in [1.807, 2.05) is 32.9 Å².